The summed E-state index contributed by atoms with van der Waals surface area (Å²) in [6.07, 6.45) is 0. The van der Waals surface area contributed by atoms with Gasteiger partial charge in [-0.2, -0.15) is 14.6 Å². The molecule has 0 unspecified atom stereocenters. The lowest BCUT2D eigenvalue weighted by molar-refractivity contribution is -0.117. The number of carbonyl (C=O) groups excluding carboxylic acids is 1. The molecule has 0 saturated carbocycles. The molecule has 1 aromatic carbocycles. The molecule has 8 heteroatoms. The van der Waals surface area contributed by atoms with Crippen molar-refractivity contribution in [1.29, 1.82) is 0 Å². The summed E-state index contributed by atoms with van der Waals surface area (Å²) < 4.78 is 1.43. The molecule has 0 bridgehead atoms. The molecule has 0 saturated heterocycles. The van der Waals surface area contributed by atoms with E-state index in [-0.39, 0.29) is 17.2 Å². The van der Waals surface area contributed by atoms with Crippen LogP contribution in [0.15, 0.2) is 40.5 Å². The van der Waals surface area contributed by atoms with E-state index in [2.05, 4.69) is 15.4 Å². The number of nitrogens with zero attached hydrogens (tertiary/aromatic N) is 3. The van der Waals surface area contributed by atoms with Crippen LogP contribution in [0.25, 0.3) is 4.96 Å². The van der Waals surface area contributed by atoms with Crippen molar-refractivity contribution in [3.63, 3.8) is 0 Å². The fourth-order valence-electron chi connectivity index (χ4n) is 1.94. The first-order valence-corrected chi connectivity index (χ1v) is 7.41. The maximum Gasteiger partial charge on any atom is 0.295 e. The van der Waals surface area contributed by atoms with Gasteiger partial charge in [-0.1, -0.05) is 30.3 Å². The van der Waals surface area contributed by atoms with Crippen LogP contribution in [0.4, 0.5) is 5.82 Å². The monoisotopic (exact) mass is 315 g/mol. The van der Waals surface area contributed by atoms with Crippen LogP contribution in [0, 0.1) is 6.92 Å². The van der Waals surface area contributed by atoms with Crippen LogP contribution >= 0.6 is 11.3 Å². The summed E-state index contributed by atoms with van der Waals surface area (Å²) in [4.78, 5) is 28.0. The fourth-order valence-corrected chi connectivity index (χ4v) is 2.69. The Morgan fingerprint density at radius 2 is 2.09 bits per heavy atom. The predicted octanol–water partition coefficient (Wildman–Crippen LogP) is 1.10. The molecule has 0 fully saturated rings. The third-order valence-electron chi connectivity index (χ3n) is 3.13. The van der Waals surface area contributed by atoms with Crippen LogP contribution in [-0.4, -0.2) is 20.5 Å². The van der Waals surface area contributed by atoms with Crippen molar-refractivity contribution < 1.29 is 4.79 Å². The predicted molar refractivity (Wildman–Crippen MR) is 83.9 cm³/mol. The number of benzene rings is 1. The van der Waals surface area contributed by atoms with Gasteiger partial charge in [0, 0.05) is 5.38 Å². The number of hydrogen-bond acceptors (Lipinski definition) is 6. The van der Waals surface area contributed by atoms with Crippen molar-refractivity contribution >= 4 is 28.0 Å². The van der Waals surface area contributed by atoms with E-state index in [0.717, 1.165) is 0 Å². The molecule has 0 aliphatic carbocycles. The standard InChI is InChI=1S/C14H13N5O2S/c1-8-12(20)17-14-19(18-8)10(7-22-14)16-13(21)11(15)9-5-3-2-4-6-9/h2-7,11H,15H2,1H3,(H,16,21)/t11-/m0/s1. The molecule has 1 amide bonds. The third kappa shape index (κ3) is 2.61. The number of hydrogen-bond donors (Lipinski definition) is 2. The molecule has 7 nitrogen and oxygen atoms in total. The molecule has 2 heterocycles. The van der Waals surface area contributed by atoms with E-state index < -0.39 is 6.04 Å². The summed E-state index contributed by atoms with van der Waals surface area (Å²) in [5, 5.41) is 8.50. The largest absolute Gasteiger partial charge is 0.316 e. The highest BCUT2D eigenvalue weighted by Gasteiger charge is 2.18. The molecule has 0 aliphatic rings. The van der Waals surface area contributed by atoms with Crippen molar-refractivity contribution in [1.82, 2.24) is 14.6 Å². The Balaban J connectivity index is 1.88. The zero-order chi connectivity index (χ0) is 15.7. The second-order valence-electron chi connectivity index (χ2n) is 4.70. The number of amides is 1. The number of nitrogens with one attached hydrogen (secondary N) is 1. The smallest absolute Gasteiger partial charge is 0.295 e. The number of nitrogens with two attached hydrogens (primary N) is 1. The Bertz CT molecular complexity index is 887. The minimum absolute atomic E-state index is 0.263. The lowest BCUT2D eigenvalue weighted by atomic mass is 10.1. The van der Waals surface area contributed by atoms with Crippen molar-refractivity contribution in [3.8, 4) is 0 Å². The number of rotatable bonds is 3. The van der Waals surface area contributed by atoms with Gasteiger partial charge in [-0.25, -0.2) is 0 Å². The van der Waals surface area contributed by atoms with Crippen molar-refractivity contribution in [2.24, 2.45) is 5.73 Å². The summed E-state index contributed by atoms with van der Waals surface area (Å²) >= 11 is 1.22. The Morgan fingerprint density at radius 3 is 2.82 bits per heavy atom. The first kappa shape index (κ1) is 14.4. The molecule has 3 N–H and O–H groups in total. The van der Waals surface area contributed by atoms with E-state index in [9.17, 15) is 9.59 Å². The molecular formula is C14H13N5O2S. The second-order valence-corrected chi connectivity index (χ2v) is 5.53. The highest BCUT2D eigenvalue weighted by atomic mass is 32.1. The van der Waals surface area contributed by atoms with E-state index in [1.54, 1.807) is 24.4 Å². The zero-order valence-electron chi connectivity index (χ0n) is 11.7. The summed E-state index contributed by atoms with van der Waals surface area (Å²) in [7, 11) is 0. The molecule has 112 valence electrons. The Labute approximate surface area is 129 Å². The van der Waals surface area contributed by atoms with Gasteiger partial charge in [0.05, 0.1) is 0 Å². The topological polar surface area (TPSA) is 102 Å². The van der Waals surface area contributed by atoms with Crippen LogP contribution in [0.3, 0.4) is 0 Å². The normalized spacial score (nSPS) is 12.3. The van der Waals surface area contributed by atoms with E-state index >= 15 is 0 Å². The molecule has 2 aromatic heterocycles. The summed E-state index contributed by atoms with van der Waals surface area (Å²) in [5.74, 6) is 0.0797. The molecule has 22 heavy (non-hydrogen) atoms. The van der Waals surface area contributed by atoms with Gasteiger partial charge in [0.25, 0.3) is 5.56 Å². The number of carbonyl (C=O) groups is 1. The van der Waals surface area contributed by atoms with E-state index in [1.807, 2.05) is 18.2 Å². The first-order chi connectivity index (χ1) is 10.6. The van der Waals surface area contributed by atoms with Gasteiger partial charge in [-0.3, -0.25) is 9.59 Å². The number of anilines is 1. The summed E-state index contributed by atoms with van der Waals surface area (Å²) in [6, 6.07) is 8.29. The second kappa shape index (κ2) is 5.66. The molecule has 3 aromatic rings. The molecule has 1 atom stereocenters. The fraction of sp³-hybridized carbons (Fsp3) is 0.143. The minimum atomic E-state index is -0.787. The molecular weight excluding hydrogens is 302 g/mol. The van der Waals surface area contributed by atoms with E-state index in [4.69, 9.17) is 5.73 Å². The van der Waals surface area contributed by atoms with Crippen molar-refractivity contribution in [3.05, 3.63) is 57.3 Å². The van der Waals surface area contributed by atoms with Gasteiger partial charge in [-0.15, -0.1) is 11.3 Å². The zero-order valence-corrected chi connectivity index (χ0v) is 12.5. The first-order valence-electron chi connectivity index (χ1n) is 6.53. The molecule has 0 aliphatic heterocycles. The Kier molecular flexibility index (Phi) is 3.70. The van der Waals surface area contributed by atoms with Gasteiger partial charge < -0.3 is 11.1 Å². The lowest BCUT2D eigenvalue weighted by Crippen LogP contribution is -2.28. The lowest BCUT2D eigenvalue weighted by Gasteiger charge is -2.11. The highest BCUT2D eigenvalue weighted by Crippen LogP contribution is 2.18. The maximum atomic E-state index is 12.3. The molecule has 3 rings (SSSR count). The number of thiazole rings is 1. The Hall–Kier alpha value is -2.58. The number of aromatic nitrogens is 3. The van der Waals surface area contributed by atoms with Crippen LogP contribution in [0.5, 0.6) is 0 Å². The van der Waals surface area contributed by atoms with Crippen LogP contribution in [0.1, 0.15) is 17.3 Å². The van der Waals surface area contributed by atoms with Crippen molar-refractivity contribution in [2.45, 2.75) is 13.0 Å². The molecule has 0 spiro atoms. The van der Waals surface area contributed by atoms with E-state index in [0.29, 0.717) is 16.3 Å². The van der Waals surface area contributed by atoms with Gasteiger partial charge in [0.2, 0.25) is 10.9 Å². The van der Waals surface area contributed by atoms with Gasteiger partial charge in [0.1, 0.15) is 17.6 Å². The quantitative estimate of drug-likeness (QED) is 0.753. The highest BCUT2D eigenvalue weighted by molar-refractivity contribution is 7.15. The van der Waals surface area contributed by atoms with Gasteiger partial charge in [-0.05, 0) is 12.5 Å². The minimum Gasteiger partial charge on any atom is -0.316 e. The third-order valence-corrected chi connectivity index (χ3v) is 3.95. The van der Waals surface area contributed by atoms with Crippen LogP contribution < -0.4 is 16.6 Å². The summed E-state index contributed by atoms with van der Waals surface area (Å²) in [6.45, 7) is 1.57. The molecule has 0 radical (unpaired) electrons. The Morgan fingerprint density at radius 1 is 1.36 bits per heavy atom. The van der Waals surface area contributed by atoms with Gasteiger partial charge >= 0.3 is 0 Å². The van der Waals surface area contributed by atoms with Crippen molar-refractivity contribution in [2.75, 3.05) is 5.32 Å². The van der Waals surface area contributed by atoms with Crippen LogP contribution in [0.2, 0.25) is 0 Å². The number of fused-ring (bicyclic) bond motifs is 1. The number of aryl methyl sites for hydroxylation is 1. The van der Waals surface area contributed by atoms with E-state index in [1.165, 1.54) is 15.9 Å². The summed E-state index contributed by atoms with van der Waals surface area (Å²) in [5.41, 5.74) is 6.55. The van der Waals surface area contributed by atoms with Gasteiger partial charge in [0.15, 0.2) is 0 Å². The average Bonchev–Trinajstić information content (AvgIpc) is 2.90. The SMILES string of the molecule is Cc1nn2c(NC(=O)[C@@H](N)c3ccccc3)csc2nc1=O. The maximum absolute atomic E-state index is 12.3. The average molecular weight is 315 g/mol. The van der Waals surface area contributed by atoms with Crippen LogP contribution in [-0.2, 0) is 4.79 Å².